The van der Waals surface area contributed by atoms with Gasteiger partial charge in [-0.05, 0) is 23.8 Å². The molecule has 7 heteroatoms. The molecule has 2 unspecified atom stereocenters. The Morgan fingerprint density at radius 1 is 1.22 bits per heavy atom. The van der Waals surface area contributed by atoms with Crippen LogP contribution in [0.5, 0.6) is 0 Å². The Morgan fingerprint density at radius 2 is 1.96 bits per heavy atom. The number of pyridine rings is 1. The summed E-state index contributed by atoms with van der Waals surface area (Å²) in [5, 5.41) is 11.8. The van der Waals surface area contributed by atoms with Gasteiger partial charge < -0.3 is 19.9 Å². The summed E-state index contributed by atoms with van der Waals surface area (Å²) in [4.78, 5) is 27.7. The quantitative estimate of drug-likeness (QED) is 0.740. The largest absolute Gasteiger partial charge is 0.480 e. The average Bonchev–Trinajstić information content (AvgIpc) is 3.19. The number of carbonyl (C=O) groups excluding carboxylic acids is 1. The predicted molar refractivity (Wildman–Crippen MR) is 97.4 cm³/mol. The number of nitrogens with one attached hydrogen (secondary N) is 1. The Balaban J connectivity index is 1.50. The summed E-state index contributed by atoms with van der Waals surface area (Å²) in [6, 6.07) is 11.8. The van der Waals surface area contributed by atoms with Gasteiger partial charge in [-0.15, -0.1) is 0 Å². The van der Waals surface area contributed by atoms with Crippen LogP contribution < -0.4 is 5.32 Å². The molecule has 1 aromatic carbocycles. The molecule has 0 saturated carbocycles. The zero-order valence-electron chi connectivity index (χ0n) is 14.6. The van der Waals surface area contributed by atoms with Crippen LogP contribution in [0.1, 0.15) is 17.5 Å². The molecule has 140 valence electrons. The molecule has 0 bridgehead atoms. The van der Waals surface area contributed by atoms with Gasteiger partial charge in [0, 0.05) is 24.4 Å². The lowest BCUT2D eigenvalue weighted by Crippen LogP contribution is -2.47. The van der Waals surface area contributed by atoms with E-state index in [9.17, 15) is 14.7 Å². The zero-order chi connectivity index (χ0) is 19.1. The molecule has 2 heterocycles. The van der Waals surface area contributed by atoms with E-state index in [0.717, 1.165) is 11.1 Å². The maximum Gasteiger partial charge on any atom is 0.328 e. The van der Waals surface area contributed by atoms with Crippen molar-refractivity contribution in [2.75, 3.05) is 6.61 Å². The molecule has 1 aliphatic heterocycles. The molecule has 27 heavy (non-hydrogen) atoms. The fraction of sp³-hybridized carbons (Fsp3) is 0.250. The fourth-order valence-corrected chi connectivity index (χ4v) is 2.63. The van der Waals surface area contributed by atoms with E-state index in [1.165, 1.54) is 0 Å². The van der Waals surface area contributed by atoms with E-state index < -0.39 is 24.0 Å². The van der Waals surface area contributed by atoms with Crippen molar-refractivity contribution in [3.05, 3.63) is 72.1 Å². The first kappa shape index (κ1) is 18.6. The van der Waals surface area contributed by atoms with E-state index in [2.05, 4.69) is 10.3 Å². The minimum absolute atomic E-state index is 0.132. The van der Waals surface area contributed by atoms with Gasteiger partial charge in [0.05, 0.1) is 13.2 Å². The molecule has 2 aromatic rings. The molecule has 3 rings (SSSR count). The first-order valence-corrected chi connectivity index (χ1v) is 8.55. The number of benzene rings is 1. The van der Waals surface area contributed by atoms with Crippen molar-refractivity contribution in [1.29, 1.82) is 0 Å². The number of carbonyl (C=O) groups is 2. The van der Waals surface area contributed by atoms with Crippen molar-refractivity contribution in [2.45, 2.75) is 25.2 Å². The van der Waals surface area contributed by atoms with Crippen molar-refractivity contribution < 1.29 is 24.2 Å². The van der Waals surface area contributed by atoms with E-state index in [1.807, 2.05) is 30.3 Å². The monoisotopic (exact) mass is 368 g/mol. The molecule has 1 aliphatic rings. The van der Waals surface area contributed by atoms with E-state index in [4.69, 9.17) is 9.47 Å². The highest BCUT2D eigenvalue weighted by Gasteiger charge is 2.30. The van der Waals surface area contributed by atoms with Crippen LogP contribution in [-0.4, -0.2) is 40.7 Å². The number of hydrogen-bond donors (Lipinski definition) is 2. The van der Waals surface area contributed by atoms with E-state index in [-0.39, 0.29) is 13.2 Å². The van der Waals surface area contributed by atoms with Gasteiger partial charge in [0.15, 0.2) is 12.1 Å². The smallest absolute Gasteiger partial charge is 0.328 e. The lowest BCUT2D eigenvalue weighted by Gasteiger charge is -2.18. The molecule has 0 radical (unpaired) electrons. The number of rotatable bonds is 8. The third kappa shape index (κ3) is 5.15. The third-order valence-electron chi connectivity index (χ3n) is 4.05. The zero-order valence-corrected chi connectivity index (χ0v) is 14.6. The van der Waals surface area contributed by atoms with Crippen molar-refractivity contribution in [3.8, 4) is 0 Å². The summed E-state index contributed by atoms with van der Waals surface area (Å²) in [7, 11) is 0. The van der Waals surface area contributed by atoms with Gasteiger partial charge in [-0.3, -0.25) is 9.78 Å². The summed E-state index contributed by atoms with van der Waals surface area (Å²) >= 11 is 0. The number of amides is 1. The molecule has 7 nitrogen and oxygen atoms in total. The second-order valence-corrected chi connectivity index (χ2v) is 6.05. The molecule has 2 N–H and O–H groups in total. The summed E-state index contributed by atoms with van der Waals surface area (Å²) in [6.45, 7) is 0.140. The summed E-state index contributed by atoms with van der Waals surface area (Å²) in [5.74, 6) is -1.05. The molecule has 2 atom stereocenters. The Kier molecular flexibility index (Phi) is 6.17. The number of hydrogen-bond acceptors (Lipinski definition) is 5. The van der Waals surface area contributed by atoms with Crippen molar-refractivity contribution >= 4 is 17.6 Å². The maximum atomic E-state index is 12.4. The Labute approximate surface area is 156 Å². The van der Waals surface area contributed by atoms with Crippen LogP contribution in [0.25, 0.3) is 5.76 Å². The van der Waals surface area contributed by atoms with Crippen molar-refractivity contribution in [3.63, 3.8) is 0 Å². The Morgan fingerprint density at radius 3 is 2.67 bits per heavy atom. The molecular weight excluding hydrogens is 348 g/mol. The molecule has 0 fully saturated rings. The van der Waals surface area contributed by atoms with Gasteiger partial charge >= 0.3 is 5.97 Å². The summed E-state index contributed by atoms with van der Waals surface area (Å²) in [6.07, 6.45) is 4.70. The highest BCUT2D eigenvalue weighted by molar-refractivity contribution is 5.88. The van der Waals surface area contributed by atoms with Crippen LogP contribution in [0.3, 0.4) is 0 Å². The highest BCUT2D eigenvalue weighted by Crippen LogP contribution is 2.25. The van der Waals surface area contributed by atoms with Crippen LogP contribution >= 0.6 is 0 Å². The topological polar surface area (TPSA) is 97.8 Å². The molecule has 1 aromatic heterocycles. The normalized spacial score (nSPS) is 16.9. The van der Waals surface area contributed by atoms with Gasteiger partial charge in [0.25, 0.3) is 5.91 Å². The van der Waals surface area contributed by atoms with Crippen LogP contribution in [-0.2, 0) is 25.7 Å². The van der Waals surface area contributed by atoms with Gasteiger partial charge in [-0.2, -0.15) is 0 Å². The number of carboxylic acids is 1. The lowest BCUT2D eigenvalue weighted by atomic mass is 10.2. The van der Waals surface area contributed by atoms with Crippen molar-refractivity contribution in [2.24, 2.45) is 0 Å². The second kappa shape index (κ2) is 8.95. The summed E-state index contributed by atoms with van der Waals surface area (Å²) in [5.41, 5.74) is 1.75. The third-order valence-corrected chi connectivity index (χ3v) is 4.05. The number of carboxylic acid groups (broad SMARTS) is 1. The predicted octanol–water partition coefficient (Wildman–Crippen LogP) is 2.00. The second-order valence-electron chi connectivity index (χ2n) is 6.05. The van der Waals surface area contributed by atoms with Crippen LogP contribution in [0, 0.1) is 0 Å². The molecule has 0 saturated heterocycles. The Hall–Kier alpha value is -3.19. The van der Waals surface area contributed by atoms with Crippen LogP contribution in [0.2, 0.25) is 0 Å². The van der Waals surface area contributed by atoms with E-state index in [1.54, 1.807) is 30.6 Å². The first-order valence-electron chi connectivity index (χ1n) is 8.55. The minimum atomic E-state index is -1.16. The van der Waals surface area contributed by atoms with Crippen molar-refractivity contribution in [1.82, 2.24) is 10.3 Å². The van der Waals surface area contributed by atoms with Crippen LogP contribution in [0.4, 0.5) is 0 Å². The Bertz CT molecular complexity index is 808. The maximum absolute atomic E-state index is 12.4. The number of ether oxygens (including phenoxy) is 2. The molecule has 1 amide bonds. The van der Waals surface area contributed by atoms with Gasteiger partial charge in [-0.25, -0.2) is 4.79 Å². The van der Waals surface area contributed by atoms with E-state index >= 15 is 0 Å². The standard InChI is InChI=1S/C20H20N2O5/c23-19(18-7-6-17(27-18)15-8-10-21-11-9-15)22-16(20(24)25)13-26-12-14-4-2-1-3-5-14/h1-6,8-11,16,18H,7,12-13H2,(H,22,23)(H,24,25). The lowest BCUT2D eigenvalue weighted by molar-refractivity contribution is -0.145. The number of aliphatic carboxylic acids is 1. The average molecular weight is 368 g/mol. The van der Waals surface area contributed by atoms with E-state index in [0.29, 0.717) is 12.2 Å². The molecule has 0 aliphatic carbocycles. The van der Waals surface area contributed by atoms with Crippen LogP contribution in [0.15, 0.2) is 60.9 Å². The highest BCUT2D eigenvalue weighted by atomic mass is 16.5. The van der Waals surface area contributed by atoms with Gasteiger partial charge in [-0.1, -0.05) is 30.3 Å². The number of aromatic nitrogens is 1. The first-order chi connectivity index (χ1) is 13.1. The van der Waals surface area contributed by atoms with Gasteiger partial charge in [0.1, 0.15) is 5.76 Å². The SMILES string of the molecule is O=C(O)C(COCc1ccccc1)NC(=O)C1CC=C(c2ccncc2)O1. The summed E-state index contributed by atoms with van der Waals surface area (Å²) < 4.78 is 11.1. The fourth-order valence-electron chi connectivity index (χ4n) is 2.63. The number of nitrogens with zero attached hydrogens (tertiary/aromatic N) is 1. The molecular formula is C20H20N2O5. The van der Waals surface area contributed by atoms with Gasteiger partial charge in [0.2, 0.25) is 0 Å². The minimum Gasteiger partial charge on any atom is -0.480 e. The molecule has 0 spiro atoms.